The first-order chi connectivity index (χ1) is 12.1. The smallest absolute Gasteiger partial charge is 0.243 e. The summed E-state index contributed by atoms with van der Waals surface area (Å²) >= 11 is 1.79. The molecule has 0 unspecified atom stereocenters. The maximum atomic E-state index is 11.8. The molecule has 1 amide bonds. The van der Waals surface area contributed by atoms with Crippen LogP contribution < -0.4 is 15.5 Å². The third kappa shape index (κ3) is 7.67. The predicted molar refractivity (Wildman–Crippen MR) is 119 cm³/mol. The summed E-state index contributed by atoms with van der Waals surface area (Å²) in [6.45, 7) is 3.45. The van der Waals surface area contributed by atoms with Crippen LogP contribution in [0, 0.1) is 0 Å². The molecule has 1 aromatic heterocycles. The van der Waals surface area contributed by atoms with Crippen molar-refractivity contribution in [3.63, 3.8) is 0 Å². The van der Waals surface area contributed by atoms with Crippen LogP contribution in [0.25, 0.3) is 0 Å². The van der Waals surface area contributed by atoms with Crippen LogP contribution in [0.1, 0.15) is 12.8 Å². The lowest BCUT2D eigenvalue weighted by molar-refractivity contribution is -0.127. The van der Waals surface area contributed by atoms with E-state index < -0.39 is 0 Å². The number of carbonyl (C=O) groups excluding carboxylic acids is 1. The van der Waals surface area contributed by atoms with Gasteiger partial charge in [0.15, 0.2) is 5.96 Å². The Balaban J connectivity index is 0.00000338. The van der Waals surface area contributed by atoms with E-state index in [1.807, 2.05) is 0 Å². The van der Waals surface area contributed by atoms with Gasteiger partial charge in [0.2, 0.25) is 5.91 Å². The molecule has 7 nitrogen and oxygen atoms in total. The molecule has 0 aliphatic carbocycles. The van der Waals surface area contributed by atoms with Gasteiger partial charge in [-0.25, -0.2) is 4.99 Å². The summed E-state index contributed by atoms with van der Waals surface area (Å²) in [4.78, 5) is 20.2. The zero-order valence-corrected chi connectivity index (χ0v) is 18.9. The quantitative estimate of drug-likeness (QED) is 0.261. The number of carbonyl (C=O) groups is 1. The number of piperidine rings is 1. The molecule has 2 N–H and O–H groups in total. The number of aliphatic imine (C=N–C) groups is 1. The van der Waals surface area contributed by atoms with Crippen LogP contribution in [0.15, 0.2) is 22.5 Å². The lowest BCUT2D eigenvalue weighted by Crippen LogP contribution is -2.49. The zero-order chi connectivity index (χ0) is 18.1. The van der Waals surface area contributed by atoms with E-state index >= 15 is 0 Å². The minimum absolute atomic E-state index is 0. The van der Waals surface area contributed by atoms with Gasteiger partial charge in [-0.05, 0) is 30.4 Å². The summed E-state index contributed by atoms with van der Waals surface area (Å²) in [6, 6.07) is 4.63. The minimum atomic E-state index is -0.0136. The van der Waals surface area contributed by atoms with Crippen molar-refractivity contribution in [2.24, 2.45) is 4.99 Å². The van der Waals surface area contributed by atoms with Crippen LogP contribution >= 0.6 is 35.3 Å². The second-order valence-corrected chi connectivity index (χ2v) is 7.16. The van der Waals surface area contributed by atoms with Gasteiger partial charge in [0.05, 0.1) is 11.6 Å². The van der Waals surface area contributed by atoms with Crippen LogP contribution in [-0.2, 0) is 9.53 Å². The van der Waals surface area contributed by atoms with E-state index in [0.717, 1.165) is 25.9 Å². The largest absolute Gasteiger partial charge is 0.383 e. The molecule has 9 heteroatoms. The number of anilines is 1. The van der Waals surface area contributed by atoms with Gasteiger partial charge in [-0.15, -0.1) is 35.3 Å². The highest BCUT2D eigenvalue weighted by molar-refractivity contribution is 14.0. The summed E-state index contributed by atoms with van der Waals surface area (Å²) in [6.07, 6.45) is 2.09. The van der Waals surface area contributed by atoms with Crippen molar-refractivity contribution < 1.29 is 9.53 Å². The number of rotatable bonds is 7. The van der Waals surface area contributed by atoms with Crippen molar-refractivity contribution in [2.45, 2.75) is 18.9 Å². The van der Waals surface area contributed by atoms with Crippen molar-refractivity contribution in [1.29, 1.82) is 0 Å². The van der Waals surface area contributed by atoms with Crippen molar-refractivity contribution in [3.8, 4) is 0 Å². The summed E-state index contributed by atoms with van der Waals surface area (Å²) in [7, 11) is 5.15. The topological polar surface area (TPSA) is 69.2 Å². The molecule has 1 aliphatic heterocycles. The Kier molecular flexibility index (Phi) is 10.9. The van der Waals surface area contributed by atoms with Crippen LogP contribution in [-0.4, -0.2) is 76.8 Å². The van der Waals surface area contributed by atoms with E-state index in [2.05, 4.69) is 38.0 Å². The molecule has 1 aromatic rings. The molecule has 148 valence electrons. The molecule has 0 atom stereocenters. The van der Waals surface area contributed by atoms with Crippen LogP contribution in [0.5, 0.6) is 0 Å². The van der Waals surface area contributed by atoms with Gasteiger partial charge < -0.3 is 25.2 Å². The normalized spacial score (nSPS) is 15.3. The number of nitrogens with one attached hydrogen (secondary N) is 2. The summed E-state index contributed by atoms with van der Waals surface area (Å²) in [5, 5.41) is 10.1. The maximum Gasteiger partial charge on any atom is 0.243 e. The Bertz CT molecular complexity index is 545. The molecule has 1 saturated heterocycles. The first kappa shape index (κ1) is 23.0. The average Bonchev–Trinajstić information content (AvgIpc) is 3.14. The number of nitrogens with zero attached hydrogens (tertiary/aromatic N) is 3. The van der Waals surface area contributed by atoms with E-state index in [0.29, 0.717) is 25.2 Å². The van der Waals surface area contributed by atoms with Gasteiger partial charge in [-0.2, -0.15) is 0 Å². The number of hydrogen-bond donors (Lipinski definition) is 2. The predicted octanol–water partition coefficient (Wildman–Crippen LogP) is 1.60. The van der Waals surface area contributed by atoms with Crippen LogP contribution in [0.4, 0.5) is 5.00 Å². The molecule has 1 fully saturated rings. The SMILES string of the molecule is COCCNC(=NCC(=O)N(C)C)NC1CCN(c2cccs2)CC1.I. The third-order valence-corrected chi connectivity index (χ3v) is 5.05. The van der Waals surface area contributed by atoms with E-state index in [1.165, 1.54) is 5.00 Å². The molecule has 0 radical (unpaired) electrons. The fourth-order valence-corrected chi connectivity index (χ4v) is 3.38. The lowest BCUT2D eigenvalue weighted by atomic mass is 10.1. The Morgan fingerprint density at radius 3 is 2.73 bits per heavy atom. The van der Waals surface area contributed by atoms with Gasteiger partial charge >= 0.3 is 0 Å². The molecular formula is C17H30IN5O2S. The highest BCUT2D eigenvalue weighted by atomic mass is 127. The van der Waals surface area contributed by atoms with Crippen LogP contribution in [0.3, 0.4) is 0 Å². The van der Waals surface area contributed by atoms with Gasteiger partial charge in [-0.1, -0.05) is 0 Å². The molecular weight excluding hydrogens is 465 g/mol. The highest BCUT2D eigenvalue weighted by Crippen LogP contribution is 2.24. The van der Waals surface area contributed by atoms with Crippen molar-refractivity contribution in [3.05, 3.63) is 17.5 Å². The molecule has 0 spiro atoms. The maximum absolute atomic E-state index is 11.8. The number of amides is 1. The van der Waals surface area contributed by atoms with Gasteiger partial charge in [0.1, 0.15) is 6.54 Å². The standard InChI is InChI=1S/C17H29N5O2S.HI/c1-21(2)15(23)13-19-17(18-8-11-24-3)20-14-6-9-22(10-7-14)16-5-4-12-25-16;/h4-5,12,14H,6-11,13H2,1-3H3,(H2,18,19,20);1H. The Morgan fingerprint density at radius 1 is 1.42 bits per heavy atom. The number of hydrogen-bond acceptors (Lipinski definition) is 5. The zero-order valence-electron chi connectivity index (χ0n) is 15.7. The fraction of sp³-hybridized carbons (Fsp3) is 0.647. The molecule has 26 heavy (non-hydrogen) atoms. The number of likely N-dealkylation sites (N-methyl/N-ethyl adjacent to an activating group) is 1. The Labute approximate surface area is 177 Å². The number of thiophene rings is 1. The second kappa shape index (κ2) is 12.3. The van der Waals surface area contributed by atoms with Gasteiger partial charge in [-0.3, -0.25) is 4.79 Å². The first-order valence-corrected chi connectivity index (χ1v) is 9.50. The van der Waals surface area contributed by atoms with Crippen molar-refractivity contribution in [1.82, 2.24) is 15.5 Å². The van der Waals surface area contributed by atoms with Gasteiger partial charge in [0, 0.05) is 46.9 Å². The summed E-state index contributed by atoms with van der Waals surface area (Å²) in [5.41, 5.74) is 0. The van der Waals surface area contributed by atoms with Gasteiger partial charge in [0.25, 0.3) is 0 Å². The molecule has 2 heterocycles. The minimum Gasteiger partial charge on any atom is -0.383 e. The summed E-state index contributed by atoms with van der Waals surface area (Å²) < 4.78 is 5.08. The van der Waals surface area contributed by atoms with Crippen molar-refractivity contribution >= 4 is 52.2 Å². The Hall–Kier alpha value is -1.07. The van der Waals surface area contributed by atoms with E-state index in [4.69, 9.17) is 4.74 Å². The third-order valence-electron chi connectivity index (χ3n) is 4.12. The monoisotopic (exact) mass is 495 g/mol. The molecule has 0 aromatic carbocycles. The van der Waals surface area contributed by atoms with E-state index in [9.17, 15) is 4.79 Å². The van der Waals surface area contributed by atoms with E-state index in [-0.39, 0.29) is 36.4 Å². The lowest BCUT2D eigenvalue weighted by Gasteiger charge is -2.33. The molecule has 0 saturated carbocycles. The number of guanidine groups is 1. The molecule has 0 bridgehead atoms. The molecule has 2 rings (SSSR count). The fourth-order valence-electron chi connectivity index (χ4n) is 2.60. The summed E-state index contributed by atoms with van der Waals surface area (Å²) in [5.74, 6) is 0.669. The Morgan fingerprint density at radius 2 is 2.15 bits per heavy atom. The van der Waals surface area contributed by atoms with Crippen LogP contribution in [0.2, 0.25) is 0 Å². The molecule has 1 aliphatic rings. The number of ether oxygens (including phenoxy) is 1. The average molecular weight is 495 g/mol. The number of methoxy groups -OCH3 is 1. The first-order valence-electron chi connectivity index (χ1n) is 8.62. The van der Waals surface area contributed by atoms with Crippen molar-refractivity contribution in [2.75, 3.05) is 58.9 Å². The number of halogens is 1. The highest BCUT2D eigenvalue weighted by Gasteiger charge is 2.20. The van der Waals surface area contributed by atoms with E-state index in [1.54, 1.807) is 37.4 Å². The second-order valence-electron chi connectivity index (χ2n) is 6.23.